The molecule has 0 amide bonds. The first-order chi connectivity index (χ1) is 8.33. The molecule has 0 spiro atoms. The number of carbonyl (C=O) groups is 1. The van der Waals surface area contributed by atoms with Gasteiger partial charge in [-0.15, -0.1) is 0 Å². The van der Waals surface area contributed by atoms with Gasteiger partial charge in [0, 0.05) is 4.47 Å². The van der Waals surface area contributed by atoms with Gasteiger partial charge in [-0.1, -0.05) is 15.9 Å². The van der Waals surface area contributed by atoms with Crippen LogP contribution in [-0.4, -0.2) is 17.7 Å². The normalized spacial score (nSPS) is 11.3. The Morgan fingerprint density at radius 3 is 2.78 bits per heavy atom. The highest BCUT2D eigenvalue weighted by atomic mass is 79.9. The molecule has 1 aromatic carbocycles. The average molecular weight is 319 g/mol. The van der Waals surface area contributed by atoms with Crippen molar-refractivity contribution in [3.05, 3.63) is 28.5 Å². The fourth-order valence-corrected chi connectivity index (χ4v) is 1.73. The molecule has 1 N–H and O–H groups in total. The summed E-state index contributed by atoms with van der Waals surface area (Å²) >= 11 is 3.23. The topological polar surface area (TPSA) is 46.5 Å². The number of rotatable bonds is 6. The van der Waals surface area contributed by atoms with E-state index >= 15 is 0 Å². The highest BCUT2D eigenvalue weighted by Crippen LogP contribution is 2.25. The van der Waals surface area contributed by atoms with Gasteiger partial charge >= 0.3 is 5.97 Å². The van der Waals surface area contributed by atoms with Crippen molar-refractivity contribution in [2.75, 3.05) is 6.61 Å². The Labute approximate surface area is 114 Å². The summed E-state index contributed by atoms with van der Waals surface area (Å²) in [5.74, 6) is -1.08. The molecular weight excluding hydrogens is 303 g/mol. The number of benzene rings is 1. The summed E-state index contributed by atoms with van der Waals surface area (Å²) < 4.78 is 19.4. The standard InChI is InChI=1S/C13H16BrFO3/c1-13(2,12(16)17)6-3-7-18-11-8-9(14)4-5-10(11)15/h4-5,8H,3,6-7H2,1-2H3,(H,16,17). The number of ether oxygens (including phenoxy) is 1. The summed E-state index contributed by atoms with van der Waals surface area (Å²) in [6.07, 6.45) is 1.04. The molecule has 0 aliphatic heterocycles. The Hall–Kier alpha value is -1.10. The zero-order valence-electron chi connectivity index (χ0n) is 10.4. The van der Waals surface area contributed by atoms with Crippen molar-refractivity contribution in [1.29, 1.82) is 0 Å². The minimum Gasteiger partial charge on any atom is -0.490 e. The van der Waals surface area contributed by atoms with Crippen LogP contribution in [0.5, 0.6) is 5.75 Å². The Morgan fingerprint density at radius 1 is 1.50 bits per heavy atom. The van der Waals surface area contributed by atoms with Gasteiger partial charge in [0.1, 0.15) is 0 Å². The van der Waals surface area contributed by atoms with E-state index in [4.69, 9.17) is 9.84 Å². The largest absolute Gasteiger partial charge is 0.490 e. The van der Waals surface area contributed by atoms with Crippen LogP contribution in [0.25, 0.3) is 0 Å². The van der Waals surface area contributed by atoms with Crippen LogP contribution in [0.15, 0.2) is 22.7 Å². The van der Waals surface area contributed by atoms with Gasteiger partial charge in [0.15, 0.2) is 11.6 Å². The smallest absolute Gasteiger partial charge is 0.309 e. The van der Waals surface area contributed by atoms with Crippen LogP contribution in [0, 0.1) is 11.2 Å². The van der Waals surface area contributed by atoms with Crippen molar-refractivity contribution in [3.63, 3.8) is 0 Å². The molecular formula is C13H16BrFO3. The second-order valence-corrected chi connectivity index (χ2v) is 5.63. The summed E-state index contributed by atoms with van der Waals surface area (Å²) in [5.41, 5.74) is -0.779. The van der Waals surface area contributed by atoms with E-state index in [1.54, 1.807) is 26.0 Å². The number of hydrogen-bond acceptors (Lipinski definition) is 2. The van der Waals surface area contributed by atoms with E-state index in [2.05, 4.69) is 15.9 Å². The van der Waals surface area contributed by atoms with Crippen LogP contribution >= 0.6 is 15.9 Å². The fraction of sp³-hybridized carbons (Fsp3) is 0.462. The molecule has 0 aliphatic carbocycles. The van der Waals surface area contributed by atoms with E-state index in [-0.39, 0.29) is 5.75 Å². The average Bonchev–Trinajstić information content (AvgIpc) is 2.28. The van der Waals surface area contributed by atoms with Crippen LogP contribution in [0.2, 0.25) is 0 Å². The third-order valence-corrected chi connectivity index (χ3v) is 3.17. The van der Waals surface area contributed by atoms with Gasteiger partial charge in [-0.3, -0.25) is 4.79 Å². The second-order valence-electron chi connectivity index (χ2n) is 4.72. The van der Waals surface area contributed by atoms with Gasteiger partial charge in [-0.05, 0) is 44.9 Å². The van der Waals surface area contributed by atoms with Crippen molar-refractivity contribution in [1.82, 2.24) is 0 Å². The molecule has 0 aromatic heterocycles. The van der Waals surface area contributed by atoms with Crippen LogP contribution in [0.1, 0.15) is 26.7 Å². The summed E-state index contributed by atoms with van der Waals surface area (Å²) in [6, 6.07) is 4.47. The molecule has 0 fully saturated rings. The Morgan fingerprint density at radius 2 is 2.17 bits per heavy atom. The Bertz CT molecular complexity index is 432. The van der Waals surface area contributed by atoms with Gasteiger partial charge in [-0.2, -0.15) is 0 Å². The van der Waals surface area contributed by atoms with Gasteiger partial charge in [-0.25, -0.2) is 4.39 Å². The maximum Gasteiger partial charge on any atom is 0.309 e. The lowest BCUT2D eigenvalue weighted by molar-refractivity contribution is -0.147. The molecule has 0 atom stereocenters. The molecule has 0 heterocycles. The molecule has 0 saturated heterocycles. The first-order valence-corrected chi connectivity index (χ1v) is 6.43. The summed E-state index contributed by atoms with van der Waals surface area (Å²) in [4.78, 5) is 10.9. The number of aliphatic carboxylic acids is 1. The van der Waals surface area contributed by atoms with Crippen molar-refractivity contribution < 1.29 is 19.0 Å². The minimum absolute atomic E-state index is 0.178. The summed E-state index contributed by atoms with van der Waals surface area (Å²) in [5, 5.41) is 8.93. The van der Waals surface area contributed by atoms with E-state index in [9.17, 15) is 9.18 Å². The van der Waals surface area contributed by atoms with Crippen LogP contribution < -0.4 is 4.74 Å². The molecule has 1 aromatic rings. The summed E-state index contributed by atoms with van der Waals surface area (Å²) in [6.45, 7) is 3.62. The first-order valence-electron chi connectivity index (χ1n) is 5.64. The monoisotopic (exact) mass is 318 g/mol. The zero-order chi connectivity index (χ0) is 13.8. The number of carboxylic acid groups (broad SMARTS) is 1. The molecule has 0 radical (unpaired) electrons. The Balaban J connectivity index is 2.43. The van der Waals surface area contributed by atoms with Crippen molar-refractivity contribution in [3.8, 4) is 5.75 Å². The molecule has 0 saturated carbocycles. The SMILES string of the molecule is CC(C)(CCCOc1cc(Br)ccc1F)C(=O)O. The summed E-state index contributed by atoms with van der Waals surface area (Å²) in [7, 11) is 0. The van der Waals surface area contributed by atoms with Crippen molar-refractivity contribution >= 4 is 21.9 Å². The van der Waals surface area contributed by atoms with Gasteiger partial charge in [0.2, 0.25) is 0 Å². The number of hydrogen-bond donors (Lipinski definition) is 1. The fourth-order valence-electron chi connectivity index (χ4n) is 1.39. The maximum absolute atomic E-state index is 13.3. The van der Waals surface area contributed by atoms with Crippen molar-refractivity contribution in [2.45, 2.75) is 26.7 Å². The van der Waals surface area contributed by atoms with E-state index in [1.165, 1.54) is 6.07 Å². The van der Waals surface area contributed by atoms with Gasteiger partial charge in [0.25, 0.3) is 0 Å². The lowest BCUT2D eigenvalue weighted by Crippen LogP contribution is -2.24. The van der Waals surface area contributed by atoms with Crippen LogP contribution in [0.4, 0.5) is 4.39 Å². The van der Waals surface area contributed by atoms with Crippen molar-refractivity contribution in [2.24, 2.45) is 5.41 Å². The Kier molecular flexibility index (Phi) is 5.14. The molecule has 5 heteroatoms. The molecule has 3 nitrogen and oxygen atoms in total. The number of halogens is 2. The molecule has 100 valence electrons. The highest BCUT2D eigenvalue weighted by Gasteiger charge is 2.26. The maximum atomic E-state index is 13.3. The molecule has 18 heavy (non-hydrogen) atoms. The molecule has 1 rings (SSSR count). The van der Waals surface area contributed by atoms with Crippen LogP contribution in [0.3, 0.4) is 0 Å². The van der Waals surface area contributed by atoms with E-state index in [1.807, 2.05) is 0 Å². The first kappa shape index (κ1) is 15.0. The predicted octanol–water partition coefficient (Wildman–Crippen LogP) is 3.86. The molecule has 0 bridgehead atoms. The third-order valence-electron chi connectivity index (χ3n) is 2.68. The predicted molar refractivity (Wildman–Crippen MR) is 70.2 cm³/mol. The second kappa shape index (κ2) is 6.18. The number of carboxylic acids is 1. The zero-order valence-corrected chi connectivity index (χ0v) is 12.0. The minimum atomic E-state index is -0.837. The van der Waals surface area contributed by atoms with Gasteiger partial charge < -0.3 is 9.84 Å². The van der Waals surface area contributed by atoms with E-state index in [0.29, 0.717) is 19.4 Å². The lowest BCUT2D eigenvalue weighted by Gasteiger charge is -2.18. The highest BCUT2D eigenvalue weighted by molar-refractivity contribution is 9.10. The van der Waals surface area contributed by atoms with E-state index in [0.717, 1.165) is 4.47 Å². The quantitative estimate of drug-likeness (QED) is 0.810. The van der Waals surface area contributed by atoms with E-state index < -0.39 is 17.2 Å². The van der Waals surface area contributed by atoms with Gasteiger partial charge in [0.05, 0.1) is 12.0 Å². The lowest BCUT2D eigenvalue weighted by atomic mass is 9.88. The third kappa shape index (κ3) is 4.29. The van der Waals surface area contributed by atoms with Crippen LogP contribution in [-0.2, 0) is 4.79 Å². The molecule has 0 unspecified atom stereocenters. The molecule has 0 aliphatic rings.